The number of rotatable bonds is 1. The van der Waals surface area contributed by atoms with E-state index in [2.05, 4.69) is 16.3 Å². The molecule has 1 aliphatic rings. The standard InChI is InChI=1S/C6H11BrO/c7-8-6-4-2-1-3-5-6/h6H,1-5H2. The zero-order valence-corrected chi connectivity index (χ0v) is 6.49. The van der Waals surface area contributed by atoms with E-state index in [1.54, 1.807) is 0 Å². The largest absolute Gasteiger partial charge is 0.305 e. The normalized spacial score (nSPS) is 23.6. The molecule has 0 unspecified atom stereocenters. The van der Waals surface area contributed by atoms with Gasteiger partial charge in [-0.15, -0.1) is 0 Å². The van der Waals surface area contributed by atoms with Gasteiger partial charge in [0.05, 0.1) is 22.4 Å². The van der Waals surface area contributed by atoms with Crippen molar-refractivity contribution < 1.29 is 3.83 Å². The van der Waals surface area contributed by atoms with Crippen LogP contribution in [-0.4, -0.2) is 6.10 Å². The van der Waals surface area contributed by atoms with Gasteiger partial charge in [0, 0.05) is 0 Å². The summed E-state index contributed by atoms with van der Waals surface area (Å²) >= 11 is 3.01. The first-order chi connectivity index (χ1) is 3.93. The van der Waals surface area contributed by atoms with Crippen LogP contribution in [0.2, 0.25) is 0 Å². The van der Waals surface area contributed by atoms with Gasteiger partial charge in [0.2, 0.25) is 0 Å². The molecular formula is C6H11BrO. The number of hydrogen-bond donors (Lipinski definition) is 0. The fraction of sp³-hybridized carbons (Fsp3) is 1.00. The van der Waals surface area contributed by atoms with E-state index in [0.29, 0.717) is 6.10 Å². The molecule has 1 nitrogen and oxygen atoms in total. The van der Waals surface area contributed by atoms with Crippen LogP contribution in [0.15, 0.2) is 0 Å². The zero-order chi connectivity index (χ0) is 5.82. The quantitative estimate of drug-likeness (QED) is 0.601. The number of halogens is 1. The third-order valence-corrected chi connectivity index (χ3v) is 2.21. The third-order valence-electron chi connectivity index (χ3n) is 1.68. The molecule has 0 aliphatic heterocycles. The van der Waals surface area contributed by atoms with Crippen molar-refractivity contribution in [3.8, 4) is 0 Å². The molecule has 0 spiro atoms. The van der Waals surface area contributed by atoms with Gasteiger partial charge in [-0.05, 0) is 12.8 Å². The molecule has 0 aromatic rings. The Morgan fingerprint density at radius 1 is 1.12 bits per heavy atom. The van der Waals surface area contributed by atoms with Crippen LogP contribution < -0.4 is 0 Å². The summed E-state index contributed by atoms with van der Waals surface area (Å²) in [6.07, 6.45) is 7.07. The first-order valence-corrected chi connectivity index (χ1v) is 3.85. The predicted molar refractivity (Wildman–Crippen MR) is 36.9 cm³/mol. The summed E-state index contributed by atoms with van der Waals surface area (Å²) in [5, 5.41) is 0. The second-order valence-electron chi connectivity index (χ2n) is 2.35. The van der Waals surface area contributed by atoms with Gasteiger partial charge in [0.15, 0.2) is 0 Å². The average molecular weight is 179 g/mol. The Kier molecular flexibility index (Phi) is 2.84. The Bertz CT molecular complexity index is 59.5. The highest BCUT2D eigenvalue weighted by Gasteiger charge is 2.11. The first-order valence-electron chi connectivity index (χ1n) is 3.21. The van der Waals surface area contributed by atoms with E-state index in [1.165, 1.54) is 32.1 Å². The van der Waals surface area contributed by atoms with Crippen LogP contribution in [0.1, 0.15) is 32.1 Å². The van der Waals surface area contributed by atoms with Gasteiger partial charge in [-0.2, -0.15) is 0 Å². The maximum absolute atomic E-state index is 5.00. The molecule has 1 fully saturated rings. The first kappa shape index (κ1) is 6.56. The third kappa shape index (κ3) is 1.75. The summed E-state index contributed by atoms with van der Waals surface area (Å²) in [5.74, 6) is 0. The minimum absolute atomic E-state index is 0.503. The fourth-order valence-electron chi connectivity index (χ4n) is 1.15. The lowest BCUT2D eigenvalue weighted by Crippen LogP contribution is -2.11. The summed E-state index contributed by atoms with van der Waals surface area (Å²) in [4.78, 5) is 0. The molecule has 0 saturated heterocycles. The van der Waals surface area contributed by atoms with E-state index < -0.39 is 0 Å². The van der Waals surface area contributed by atoms with Gasteiger partial charge in [-0.25, -0.2) is 0 Å². The highest BCUT2D eigenvalue weighted by molar-refractivity contribution is 9.06. The lowest BCUT2D eigenvalue weighted by Gasteiger charge is -2.17. The van der Waals surface area contributed by atoms with Gasteiger partial charge < -0.3 is 3.83 Å². The van der Waals surface area contributed by atoms with E-state index in [0.717, 1.165) is 0 Å². The Labute approximate surface area is 58.9 Å². The van der Waals surface area contributed by atoms with Crippen LogP contribution in [0.5, 0.6) is 0 Å². The molecule has 48 valence electrons. The van der Waals surface area contributed by atoms with Gasteiger partial charge in [0.25, 0.3) is 0 Å². The summed E-state index contributed by atoms with van der Waals surface area (Å²) in [6, 6.07) is 0. The molecule has 0 aromatic carbocycles. The fourth-order valence-corrected chi connectivity index (χ4v) is 1.53. The lowest BCUT2D eigenvalue weighted by atomic mass is 9.98. The molecule has 2 heteroatoms. The molecule has 0 N–H and O–H groups in total. The highest BCUT2D eigenvalue weighted by Crippen LogP contribution is 2.21. The summed E-state index contributed by atoms with van der Waals surface area (Å²) in [6.45, 7) is 0. The summed E-state index contributed by atoms with van der Waals surface area (Å²) < 4.78 is 5.00. The van der Waals surface area contributed by atoms with Crippen LogP contribution in [0.25, 0.3) is 0 Å². The van der Waals surface area contributed by atoms with Crippen LogP contribution >= 0.6 is 16.3 Å². The Balaban J connectivity index is 2.13. The summed E-state index contributed by atoms with van der Waals surface area (Å²) in [7, 11) is 0. The zero-order valence-electron chi connectivity index (χ0n) is 4.90. The van der Waals surface area contributed by atoms with E-state index in [-0.39, 0.29) is 0 Å². The smallest absolute Gasteiger partial charge is 0.0990 e. The molecule has 0 amide bonds. The maximum atomic E-state index is 5.00. The molecule has 0 bridgehead atoms. The van der Waals surface area contributed by atoms with Gasteiger partial charge in [-0.3, -0.25) is 0 Å². The molecular weight excluding hydrogens is 168 g/mol. The molecule has 1 rings (SSSR count). The maximum Gasteiger partial charge on any atom is 0.0990 e. The second-order valence-corrected chi connectivity index (χ2v) is 2.72. The summed E-state index contributed by atoms with van der Waals surface area (Å²) in [5.41, 5.74) is 0. The molecule has 0 radical (unpaired) electrons. The van der Waals surface area contributed by atoms with Crippen molar-refractivity contribution in [2.75, 3.05) is 0 Å². The average Bonchev–Trinajstić information content (AvgIpc) is 1.90. The van der Waals surface area contributed by atoms with Crippen LogP contribution in [0.3, 0.4) is 0 Å². The molecule has 0 aromatic heterocycles. The van der Waals surface area contributed by atoms with Crippen LogP contribution in [-0.2, 0) is 3.83 Å². The SMILES string of the molecule is BrOC1CCCCC1. The molecule has 1 saturated carbocycles. The van der Waals surface area contributed by atoms with E-state index >= 15 is 0 Å². The molecule has 8 heavy (non-hydrogen) atoms. The minimum atomic E-state index is 0.503. The minimum Gasteiger partial charge on any atom is -0.305 e. The monoisotopic (exact) mass is 178 g/mol. The molecule has 0 heterocycles. The Hall–Kier alpha value is 0.440. The molecule has 1 aliphatic carbocycles. The van der Waals surface area contributed by atoms with E-state index in [4.69, 9.17) is 3.83 Å². The van der Waals surface area contributed by atoms with Gasteiger partial charge in [-0.1, -0.05) is 19.3 Å². The highest BCUT2D eigenvalue weighted by atomic mass is 79.9. The number of hydrogen-bond acceptors (Lipinski definition) is 1. The van der Waals surface area contributed by atoms with Gasteiger partial charge >= 0.3 is 0 Å². The molecule has 0 atom stereocenters. The van der Waals surface area contributed by atoms with Gasteiger partial charge in [0.1, 0.15) is 0 Å². The Morgan fingerprint density at radius 2 is 1.75 bits per heavy atom. The topological polar surface area (TPSA) is 9.23 Å². The van der Waals surface area contributed by atoms with Crippen molar-refractivity contribution >= 4 is 16.3 Å². The van der Waals surface area contributed by atoms with Crippen molar-refractivity contribution in [3.05, 3.63) is 0 Å². The van der Waals surface area contributed by atoms with E-state index in [1.807, 2.05) is 0 Å². The lowest BCUT2D eigenvalue weighted by molar-refractivity contribution is 0.198. The van der Waals surface area contributed by atoms with Crippen molar-refractivity contribution in [3.63, 3.8) is 0 Å². The van der Waals surface area contributed by atoms with Crippen molar-refractivity contribution in [2.45, 2.75) is 38.2 Å². The van der Waals surface area contributed by atoms with Crippen molar-refractivity contribution in [2.24, 2.45) is 0 Å². The van der Waals surface area contributed by atoms with Crippen molar-refractivity contribution in [1.29, 1.82) is 0 Å². The Morgan fingerprint density at radius 3 is 2.12 bits per heavy atom. The van der Waals surface area contributed by atoms with Crippen molar-refractivity contribution in [1.82, 2.24) is 0 Å². The van der Waals surface area contributed by atoms with E-state index in [9.17, 15) is 0 Å². The second kappa shape index (κ2) is 3.46. The predicted octanol–water partition coefficient (Wildman–Crippen LogP) is 2.65. The van der Waals surface area contributed by atoms with Crippen LogP contribution in [0, 0.1) is 0 Å². The van der Waals surface area contributed by atoms with Crippen LogP contribution in [0.4, 0.5) is 0 Å².